The molecule has 2 aromatic rings. The molecule has 0 saturated carbocycles. The van der Waals surface area contributed by atoms with Gasteiger partial charge >= 0.3 is 5.97 Å². The van der Waals surface area contributed by atoms with E-state index < -0.39 is 5.97 Å². The zero-order chi connectivity index (χ0) is 16.7. The normalized spacial score (nSPS) is 11.7. The summed E-state index contributed by atoms with van der Waals surface area (Å²) in [4.78, 5) is 23.8. The highest BCUT2D eigenvalue weighted by Gasteiger charge is 2.12. The maximum Gasteiger partial charge on any atom is 0.338 e. The largest absolute Gasteiger partial charge is 0.452 e. The van der Waals surface area contributed by atoms with Gasteiger partial charge in [-0.2, -0.15) is 0 Å². The van der Waals surface area contributed by atoms with E-state index in [9.17, 15) is 9.59 Å². The number of amides is 1. The third-order valence-electron chi connectivity index (χ3n) is 3.45. The molecule has 1 aromatic carbocycles. The molecule has 0 spiro atoms. The fourth-order valence-electron chi connectivity index (χ4n) is 2.34. The highest BCUT2D eigenvalue weighted by molar-refractivity contribution is 5.91. The van der Waals surface area contributed by atoms with Crippen LogP contribution in [0.2, 0.25) is 0 Å². The van der Waals surface area contributed by atoms with Gasteiger partial charge in [0, 0.05) is 24.1 Å². The fraction of sp³-hybridized carbons (Fsp3) is 0.333. The first-order valence-corrected chi connectivity index (χ1v) is 7.80. The second kappa shape index (κ2) is 8.17. The van der Waals surface area contributed by atoms with Gasteiger partial charge in [-0.15, -0.1) is 0 Å². The summed E-state index contributed by atoms with van der Waals surface area (Å²) in [6, 6.07) is 11.0. The van der Waals surface area contributed by atoms with Crippen molar-refractivity contribution < 1.29 is 14.3 Å². The molecule has 1 amide bonds. The lowest BCUT2D eigenvalue weighted by molar-refractivity contribution is -0.124. The summed E-state index contributed by atoms with van der Waals surface area (Å²) in [6.45, 7) is 3.73. The molecule has 0 aliphatic rings. The monoisotopic (exact) mass is 314 g/mol. The molecule has 0 radical (unpaired) electrons. The minimum Gasteiger partial charge on any atom is -0.452 e. The molecule has 1 unspecified atom stereocenters. The van der Waals surface area contributed by atoms with Crippen LogP contribution in [0.5, 0.6) is 0 Å². The maximum atomic E-state index is 12.1. The Morgan fingerprint density at radius 2 is 1.96 bits per heavy atom. The predicted octanol–water partition coefficient (Wildman–Crippen LogP) is 2.94. The van der Waals surface area contributed by atoms with Crippen LogP contribution in [0, 0.1) is 0 Å². The molecule has 122 valence electrons. The van der Waals surface area contributed by atoms with E-state index in [1.165, 1.54) is 0 Å². The average molecular weight is 314 g/mol. The molecule has 1 N–H and O–H groups in total. The van der Waals surface area contributed by atoms with Gasteiger partial charge in [0.15, 0.2) is 6.61 Å². The topological polar surface area (TPSA) is 60.3 Å². The molecule has 23 heavy (non-hydrogen) atoms. The van der Waals surface area contributed by atoms with Gasteiger partial charge in [-0.3, -0.25) is 4.79 Å². The van der Waals surface area contributed by atoms with Gasteiger partial charge in [0.1, 0.15) is 0 Å². The predicted molar refractivity (Wildman–Crippen MR) is 88.6 cm³/mol. The highest BCUT2D eigenvalue weighted by Crippen LogP contribution is 2.12. The van der Waals surface area contributed by atoms with Crippen LogP contribution in [0.15, 0.2) is 48.8 Å². The summed E-state index contributed by atoms with van der Waals surface area (Å²) in [5.74, 6) is -0.779. The first-order valence-electron chi connectivity index (χ1n) is 7.80. The number of rotatable bonds is 7. The minimum atomic E-state index is -0.502. The molecule has 0 saturated heterocycles. The maximum absolute atomic E-state index is 12.1. The molecule has 1 atom stereocenters. The van der Waals surface area contributed by atoms with Gasteiger partial charge in [-0.25, -0.2) is 4.79 Å². The number of hydrogen-bond donors (Lipinski definition) is 1. The highest BCUT2D eigenvalue weighted by atomic mass is 16.5. The molecular formula is C18H22N2O3. The third kappa shape index (κ3) is 4.98. The van der Waals surface area contributed by atoms with Gasteiger partial charge in [-0.1, -0.05) is 19.4 Å². The van der Waals surface area contributed by atoms with Crippen molar-refractivity contribution in [3.63, 3.8) is 0 Å². The van der Waals surface area contributed by atoms with Gasteiger partial charge in [0.05, 0.1) is 5.56 Å². The Balaban J connectivity index is 1.91. The number of carbonyl (C=O) groups is 2. The Bertz CT molecular complexity index is 650. The quantitative estimate of drug-likeness (QED) is 0.799. The molecule has 1 heterocycles. The number of hydrogen-bond acceptors (Lipinski definition) is 3. The molecule has 5 nitrogen and oxygen atoms in total. The summed E-state index contributed by atoms with van der Waals surface area (Å²) in [7, 11) is 0. The van der Waals surface area contributed by atoms with Crippen LogP contribution in [0.25, 0.3) is 5.69 Å². The Labute approximate surface area is 136 Å². The Morgan fingerprint density at radius 1 is 1.22 bits per heavy atom. The standard InChI is InChI=1S/C18H22N2O3/c1-3-7-14(2)19-17(21)13-23-18(22)15-8-6-9-16(12-15)20-10-4-5-11-20/h4-6,8-12,14H,3,7,13H2,1-2H3,(H,19,21). The van der Waals surface area contributed by atoms with Crippen LogP contribution in [-0.2, 0) is 9.53 Å². The molecule has 0 aliphatic carbocycles. The summed E-state index contributed by atoms with van der Waals surface area (Å²) in [5, 5.41) is 2.80. The second-order valence-electron chi connectivity index (χ2n) is 5.47. The van der Waals surface area contributed by atoms with Gasteiger partial charge in [0.25, 0.3) is 5.91 Å². The summed E-state index contributed by atoms with van der Waals surface area (Å²) in [6.07, 6.45) is 5.69. The Kier molecular flexibility index (Phi) is 5.97. The number of nitrogens with zero attached hydrogens (tertiary/aromatic N) is 1. The van der Waals surface area contributed by atoms with Gasteiger partial charge < -0.3 is 14.6 Å². The summed E-state index contributed by atoms with van der Waals surface area (Å²) >= 11 is 0. The van der Waals surface area contributed by atoms with Crippen LogP contribution >= 0.6 is 0 Å². The Hall–Kier alpha value is -2.56. The Morgan fingerprint density at radius 3 is 2.65 bits per heavy atom. The van der Waals surface area contributed by atoms with E-state index in [2.05, 4.69) is 12.2 Å². The number of benzene rings is 1. The second-order valence-corrected chi connectivity index (χ2v) is 5.47. The van der Waals surface area contributed by atoms with E-state index in [-0.39, 0.29) is 18.6 Å². The van der Waals surface area contributed by atoms with Crippen LogP contribution < -0.4 is 5.32 Å². The van der Waals surface area contributed by atoms with E-state index in [0.717, 1.165) is 18.5 Å². The first-order chi connectivity index (χ1) is 11.1. The lowest BCUT2D eigenvalue weighted by Gasteiger charge is -2.13. The van der Waals surface area contributed by atoms with Crippen molar-refractivity contribution in [3.8, 4) is 5.69 Å². The molecule has 1 aromatic heterocycles. The van der Waals surface area contributed by atoms with Crippen molar-refractivity contribution in [3.05, 3.63) is 54.4 Å². The average Bonchev–Trinajstić information content (AvgIpc) is 3.07. The van der Waals surface area contributed by atoms with Crippen LogP contribution in [0.4, 0.5) is 0 Å². The van der Waals surface area contributed by atoms with Gasteiger partial charge in [0.2, 0.25) is 0 Å². The van der Waals surface area contributed by atoms with E-state index >= 15 is 0 Å². The van der Waals surface area contributed by atoms with Crippen molar-refractivity contribution in [2.45, 2.75) is 32.7 Å². The number of carbonyl (C=O) groups excluding carboxylic acids is 2. The first kappa shape index (κ1) is 16.8. The lowest BCUT2D eigenvalue weighted by Crippen LogP contribution is -2.35. The third-order valence-corrected chi connectivity index (χ3v) is 3.45. The van der Waals surface area contributed by atoms with E-state index in [1.807, 2.05) is 42.1 Å². The van der Waals surface area contributed by atoms with Crippen molar-refractivity contribution in [1.82, 2.24) is 9.88 Å². The number of nitrogens with one attached hydrogen (secondary N) is 1. The smallest absolute Gasteiger partial charge is 0.338 e. The van der Waals surface area contributed by atoms with Gasteiger partial charge in [-0.05, 0) is 43.7 Å². The van der Waals surface area contributed by atoms with Crippen molar-refractivity contribution in [1.29, 1.82) is 0 Å². The molecule has 0 fully saturated rings. The van der Waals surface area contributed by atoms with Crippen molar-refractivity contribution in [2.24, 2.45) is 0 Å². The minimum absolute atomic E-state index is 0.0864. The summed E-state index contributed by atoms with van der Waals surface area (Å²) < 4.78 is 6.98. The van der Waals surface area contributed by atoms with E-state index in [4.69, 9.17) is 4.74 Å². The number of ether oxygens (including phenoxy) is 1. The number of aromatic nitrogens is 1. The molecule has 0 bridgehead atoms. The number of esters is 1. The molecular weight excluding hydrogens is 292 g/mol. The molecule has 0 aliphatic heterocycles. The zero-order valence-corrected chi connectivity index (χ0v) is 13.5. The van der Waals surface area contributed by atoms with Crippen LogP contribution in [0.3, 0.4) is 0 Å². The van der Waals surface area contributed by atoms with E-state index in [1.54, 1.807) is 18.2 Å². The van der Waals surface area contributed by atoms with Crippen LogP contribution in [-0.4, -0.2) is 29.1 Å². The van der Waals surface area contributed by atoms with Crippen molar-refractivity contribution >= 4 is 11.9 Å². The van der Waals surface area contributed by atoms with E-state index in [0.29, 0.717) is 5.56 Å². The zero-order valence-electron chi connectivity index (χ0n) is 13.5. The molecule has 2 rings (SSSR count). The lowest BCUT2D eigenvalue weighted by atomic mass is 10.2. The fourth-order valence-corrected chi connectivity index (χ4v) is 2.34. The molecule has 5 heteroatoms. The van der Waals surface area contributed by atoms with Crippen molar-refractivity contribution in [2.75, 3.05) is 6.61 Å². The van der Waals surface area contributed by atoms with Crippen LogP contribution in [0.1, 0.15) is 37.0 Å². The summed E-state index contributed by atoms with van der Waals surface area (Å²) in [5.41, 5.74) is 1.29. The SMILES string of the molecule is CCCC(C)NC(=O)COC(=O)c1cccc(-n2cccc2)c1.